The van der Waals surface area contributed by atoms with Crippen molar-refractivity contribution in [3.05, 3.63) is 0 Å². The monoisotopic (exact) mass is 218 g/mol. The summed E-state index contributed by atoms with van der Waals surface area (Å²) in [6, 6.07) is 0. The Hall–Kier alpha value is 0. The predicted octanol–water partition coefficient (Wildman–Crippen LogP) is 6.55. The van der Waals surface area contributed by atoms with Gasteiger partial charge in [0.25, 0.3) is 0 Å². The van der Waals surface area contributed by atoms with Crippen LogP contribution in [-0.2, 0) is 0 Å². The van der Waals surface area contributed by atoms with Gasteiger partial charge >= 0.3 is 0 Å². The molecule has 0 atom stereocenters. The fourth-order valence-corrected chi connectivity index (χ4v) is 0.167. The fraction of sp³-hybridized carbons (Fsp3) is 1.00. The fourth-order valence-electron chi connectivity index (χ4n) is 0.167. The molecule has 0 bridgehead atoms. The Kier molecular flexibility index (Phi) is 31.7. The van der Waals surface area contributed by atoms with Crippen LogP contribution in [0.15, 0.2) is 0 Å². The summed E-state index contributed by atoms with van der Waals surface area (Å²) in [4.78, 5) is 0. The van der Waals surface area contributed by atoms with E-state index in [0.29, 0.717) is 5.41 Å². The van der Waals surface area contributed by atoms with Crippen molar-refractivity contribution >= 4 is 0 Å². The first kappa shape index (κ1) is 24.3. The van der Waals surface area contributed by atoms with Crippen molar-refractivity contribution in [1.29, 1.82) is 0 Å². The summed E-state index contributed by atoms with van der Waals surface area (Å²) in [7, 11) is 0. The highest BCUT2D eigenvalue weighted by molar-refractivity contribution is 4.65. The minimum atomic E-state index is 0.500. The predicted molar refractivity (Wildman–Crippen MR) is 77.6 cm³/mol. The Balaban J connectivity index is -0.0000000547. The van der Waals surface area contributed by atoms with Gasteiger partial charge in [-0.2, -0.15) is 0 Å². The number of hydrogen-bond donors (Lipinski definition) is 0. The molecule has 15 heavy (non-hydrogen) atoms. The van der Waals surface area contributed by atoms with Gasteiger partial charge < -0.3 is 0 Å². The molecule has 0 nitrogen and oxygen atoms in total. The van der Waals surface area contributed by atoms with E-state index in [-0.39, 0.29) is 0 Å². The van der Waals surface area contributed by atoms with Crippen LogP contribution in [-0.4, -0.2) is 0 Å². The lowest BCUT2D eigenvalue weighted by Gasteiger charge is -2.05. The van der Waals surface area contributed by atoms with Crippen LogP contribution in [0.5, 0.6) is 0 Å². The van der Waals surface area contributed by atoms with Crippen molar-refractivity contribution in [1.82, 2.24) is 0 Å². The van der Waals surface area contributed by atoms with Crippen molar-refractivity contribution in [2.24, 2.45) is 11.3 Å². The maximum Gasteiger partial charge on any atom is -0.0411 e. The highest BCUT2D eigenvalue weighted by Crippen LogP contribution is 2.26. The average molecular weight is 218 g/mol. The van der Waals surface area contributed by atoms with Gasteiger partial charge in [-0.05, 0) is 11.3 Å². The van der Waals surface area contributed by atoms with Crippen molar-refractivity contribution in [2.75, 3.05) is 0 Å². The van der Waals surface area contributed by atoms with Gasteiger partial charge in [0.05, 0.1) is 0 Å². The van der Waals surface area contributed by atoms with E-state index >= 15 is 0 Å². The lowest BCUT2D eigenvalue weighted by molar-refractivity contribution is 0.469. The minimum absolute atomic E-state index is 0.500. The molecule has 0 aromatic rings. The summed E-state index contributed by atoms with van der Waals surface area (Å²) in [5, 5.41) is 0. The second-order valence-corrected chi connectivity index (χ2v) is 4.68. The first-order chi connectivity index (χ1) is 6.89. The molecule has 1 rings (SSSR count). The molecule has 0 aliphatic heterocycles. The van der Waals surface area contributed by atoms with Crippen molar-refractivity contribution < 1.29 is 0 Å². The van der Waals surface area contributed by atoms with E-state index in [1.807, 2.05) is 41.5 Å². The summed E-state index contributed by atoms with van der Waals surface area (Å²) < 4.78 is 0. The van der Waals surface area contributed by atoms with Crippen molar-refractivity contribution in [3.8, 4) is 0 Å². The molecule has 0 heterocycles. The van der Waals surface area contributed by atoms with Crippen LogP contribution in [0.3, 0.4) is 0 Å². The van der Waals surface area contributed by atoms with Gasteiger partial charge in [0, 0.05) is 0 Å². The summed E-state index contributed by atoms with van der Waals surface area (Å²) in [5.41, 5.74) is 0.500. The van der Waals surface area contributed by atoms with Crippen molar-refractivity contribution in [3.63, 3.8) is 0 Å². The van der Waals surface area contributed by atoms with Gasteiger partial charge in [0.1, 0.15) is 0 Å². The van der Waals surface area contributed by atoms with Crippen LogP contribution in [0.2, 0.25) is 0 Å². The molecule has 0 unspecified atom stereocenters. The standard InChI is InChI=1S/C5H12.C4H8.3C2H6/c1-5(2,3)4;1-4-2-3-4;3*1-2/h1-4H3;4H,2-3H2,1H3;3*1-2H3. The van der Waals surface area contributed by atoms with E-state index in [1.54, 1.807) is 0 Å². The van der Waals surface area contributed by atoms with Crippen molar-refractivity contribution in [2.45, 2.75) is 89.0 Å². The highest BCUT2D eigenvalue weighted by atomic mass is 14.2. The lowest BCUT2D eigenvalue weighted by Crippen LogP contribution is -1.93. The first-order valence-corrected chi connectivity index (χ1v) is 6.89. The molecule has 1 saturated carbocycles. The Morgan fingerprint density at radius 1 is 0.667 bits per heavy atom. The molecule has 0 saturated heterocycles. The van der Waals surface area contributed by atoms with E-state index in [2.05, 4.69) is 34.6 Å². The minimum Gasteiger partial charge on any atom is -0.0683 e. The average Bonchev–Trinajstić information content (AvgIpc) is 2.95. The number of rotatable bonds is 0. The Labute approximate surface area is 101 Å². The Morgan fingerprint density at radius 2 is 0.733 bits per heavy atom. The van der Waals surface area contributed by atoms with Crippen LogP contribution >= 0.6 is 0 Å². The quantitative estimate of drug-likeness (QED) is 0.432. The van der Waals surface area contributed by atoms with Crippen LogP contribution in [0.25, 0.3) is 0 Å². The Morgan fingerprint density at radius 3 is 0.733 bits per heavy atom. The Bertz CT molecular complexity index is 56.6. The molecule has 0 aromatic carbocycles. The zero-order valence-corrected chi connectivity index (χ0v) is 13.5. The van der Waals surface area contributed by atoms with Gasteiger partial charge in [0.15, 0.2) is 0 Å². The molecule has 0 radical (unpaired) electrons. The van der Waals surface area contributed by atoms with E-state index in [0.717, 1.165) is 5.92 Å². The van der Waals surface area contributed by atoms with E-state index < -0.39 is 0 Å². The van der Waals surface area contributed by atoms with Crippen LogP contribution < -0.4 is 0 Å². The van der Waals surface area contributed by atoms with Gasteiger partial charge in [-0.1, -0.05) is 89.0 Å². The summed E-state index contributed by atoms with van der Waals surface area (Å²) >= 11 is 0. The second-order valence-electron chi connectivity index (χ2n) is 4.68. The maximum atomic E-state index is 2.28. The molecular weight excluding hydrogens is 180 g/mol. The smallest absolute Gasteiger partial charge is 0.0411 e. The molecule has 0 amide bonds. The van der Waals surface area contributed by atoms with Gasteiger partial charge in [-0.3, -0.25) is 0 Å². The molecule has 0 spiro atoms. The summed E-state index contributed by atoms with van der Waals surface area (Å²) in [5.74, 6) is 1.08. The highest BCUT2D eigenvalue weighted by Gasteiger charge is 2.12. The SMILES string of the molecule is CC.CC.CC.CC(C)(C)C.CC1CC1. The van der Waals surface area contributed by atoms with Gasteiger partial charge in [-0.25, -0.2) is 0 Å². The van der Waals surface area contributed by atoms with Crippen LogP contribution in [0, 0.1) is 11.3 Å². The third-order valence-electron chi connectivity index (χ3n) is 0.866. The third kappa shape index (κ3) is 224. The molecule has 0 N–H and O–H groups in total. The zero-order chi connectivity index (χ0) is 13.5. The summed E-state index contributed by atoms with van der Waals surface area (Å²) in [6.07, 6.45) is 2.97. The van der Waals surface area contributed by atoms with E-state index in [9.17, 15) is 0 Å². The van der Waals surface area contributed by atoms with Gasteiger partial charge in [-0.15, -0.1) is 0 Å². The largest absolute Gasteiger partial charge is 0.0683 e. The van der Waals surface area contributed by atoms with E-state index in [1.165, 1.54) is 12.8 Å². The molecule has 1 aliphatic rings. The lowest BCUT2D eigenvalue weighted by atomic mass is 10.0. The second kappa shape index (κ2) is 19.6. The van der Waals surface area contributed by atoms with Gasteiger partial charge in [0.2, 0.25) is 0 Å². The molecule has 98 valence electrons. The van der Waals surface area contributed by atoms with Crippen LogP contribution in [0.1, 0.15) is 89.0 Å². The molecule has 0 aromatic heterocycles. The molecular formula is C15H38. The number of hydrogen-bond acceptors (Lipinski definition) is 0. The molecule has 0 heteroatoms. The normalized spacial score (nSPS) is 12.2. The van der Waals surface area contributed by atoms with E-state index in [4.69, 9.17) is 0 Å². The zero-order valence-electron chi connectivity index (χ0n) is 13.5. The summed E-state index contributed by atoms with van der Waals surface area (Å²) in [6.45, 7) is 23.0. The molecule has 1 aliphatic carbocycles. The topological polar surface area (TPSA) is 0 Å². The third-order valence-corrected chi connectivity index (χ3v) is 0.866. The maximum absolute atomic E-state index is 2.28. The first-order valence-electron chi connectivity index (χ1n) is 6.89. The van der Waals surface area contributed by atoms with Crippen LogP contribution in [0.4, 0.5) is 0 Å². The molecule has 1 fully saturated rings.